The van der Waals surface area contributed by atoms with Gasteiger partial charge >= 0.3 is 0 Å². The molecule has 1 unspecified atom stereocenters. The summed E-state index contributed by atoms with van der Waals surface area (Å²) >= 11 is 0. The van der Waals surface area contributed by atoms with Crippen LogP contribution in [0.1, 0.15) is 40.0 Å². The summed E-state index contributed by atoms with van der Waals surface area (Å²) in [5.41, 5.74) is 0. The van der Waals surface area contributed by atoms with Gasteiger partial charge in [-0.1, -0.05) is 18.2 Å². The maximum atomic E-state index is 11.0. The zero-order valence-corrected chi connectivity index (χ0v) is 9.06. The highest BCUT2D eigenvalue weighted by Gasteiger charge is 2.08. The lowest BCUT2D eigenvalue weighted by molar-refractivity contribution is -0.461. The average Bonchev–Trinajstić information content (AvgIpc) is 2.12. The van der Waals surface area contributed by atoms with E-state index in [0.717, 1.165) is 19.3 Å². The average molecular weight is 198 g/mol. The number of hydrogen-bond donors (Lipinski definition) is 0. The molecule has 14 heavy (non-hydrogen) atoms. The van der Waals surface area contributed by atoms with E-state index in [9.17, 15) is 10.0 Å². The zero-order valence-electron chi connectivity index (χ0n) is 9.06. The van der Waals surface area contributed by atoms with Crippen LogP contribution in [0.25, 0.3) is 0 Å². The Balaban J connectivity index is 3.99. The van der Waals surface area contributed by atoms with Crippen molar-refractivity contribution in [3.63, 3.8) is 0 Å². The first kappa shape index (κ1) is 12.8. The van der Waals surface area contributed by atoms with Crippen LogP contribution in [0.5, 0.6) is 0 Å². The highest BCUT2D eigenvalue weighted by Crippen LogP contribution is 1.96. The van der Waals surface area contributed by atoms with E-state index in [1.807, 2.05) is 0 Å². The van der Waals surface area contributed by atoms with Crippen LogP contribution in [-0.4, -0.2) is 16.7 Å². The van der Waals surface area contributed by atoms with Crippen LogP contribution in [0, 0.1) is 5.21 Å². The van der Waals surface area contributed by atoms with Gasteiger partial charge in [0.15, 0.2) is 11.8 Å². The first-order chi connectivity index (χ1) is 6.57. The second-order valence-corrected chi connectivity index (χ2v) is 3.23. The van der Waals surface area contributed by atoms with Crippen molar-refractivity contribution in [1.82, 2.24) is 0 Å². The lowest BCUT2D eigenvalue weighted by Gasteiger charge is -1.98. The maximum Gasteiger partial charge on any atom is 0.205 e. The summed E-state index contributed by atoms with van der Waals surface area (Å²) < 4.78 is 0. The molecule has 0 N–H and O–H groups in total. The number of hydroxylamine groups is 1. The summed E-state index contributed by atoms with van der Waals surface area (Å²) in [6.07, 6.45) is 6.16. The molecule has 0 aliphatic carbocycles. The molecular weight excluding hydrogens is 180 g/mol. The van der Waals surface area contributed by atoms with Crippen LogP contribution in [0.2, 0.25) is 0 Å². The molecule has 0 saturated heterocycles. The third kappa shape index (κ3) is 6.34. The van der Waals surface area contributed by atoms with Gasteiger partial charge in [-0.2, -0.15) is 0 Å². The van der Waals surface area contributed by atoms with Crippen molar-refractivity contribution in [1.29, 1.82) is 0 Å². The van der Waals surface area contributed by atoms with Crippen molar-refractivity contribution in [3.05, 3.63) is 17.5 Å². The lowest BCUT2D eigenvalue weighted by Crippen LogP contribution is -2.12. The Bertz CT molecular complexity index is 234. The van der Waals surface area contributed by atoms with Gasteiger partial charge in [0.25, 0.3) is 0 Å². The number of ketones is 1. The number of rotatable bonds is 6. The smallest absolute Gasteiger partial charge is 0.205 e. The second-order valence-electron chi connectivity index (χ2n) is 3.23. The van der Waals surface area contributed by atoms with E-state index >= 15 is 0 Å². The molecule has 4 heteroatoms. The fourth-order valence-corrected chi connectivity index (χ4v) is 0.777. The van der Waals surface area contributed by atoms with Crippen LogP contribution in [0.3, 0.4) is 0 Å². The maximum absolute atomic E-state index is 11.0. The van der Waals surface area contributed by atoms with Gasteiger partial charge in [0, 0.05) is 0 Å². The minimum absolute atomic E-state index is 0.104. The van der Waals surface area contributed by atoms with Gasteiger partial charge in [-0.05, 0) is 37.9 Å². The largest absolute Gasteiger partial charge is 0.595 e. The van der Waals surface area contributed by atoms with Gasteiger partial charge in [-0.15, -0.1) is 0 Å². The number of azo groups is 1. The topological polar surface area (TPSA) is 55.5 Å². The minimum atomic E-state index is -0.552. The van der Waals surface area contributed by atoms with E-state index in [-0.39, 0.29) is 5.78 Å². The monoisotopic (exact) mass is 198 g/mol. The highest BCUT2D eigenvalue weighted by molar-refractivity contribution is 5.80. The Labute approximate surface area is 84.9 Å². The third-order valence-electron chi connectivity index (χ3n) is 1.83. The number of carbonyl (C=O) groups excluding carboxylic acids is 1. The van der Waals surface area contributed by atoms with Crippen molar-refractivity contribution in [2.75, 3.05) is 0 Å². The number of unbranched alkanes of at least 4 members (excludes halogenated alkanes) is 2. The van der Waals surface area contributed by atoms with Crippen molar-refractivity contribution in [3.8, 4) is 0 Å². The molecule has 0 rings (SSSR count). The molecule has 0 bridgehead atoms. The molecule has 0 spiro atoms. The molecule has 0 aromatic rings. The number of nitrogens with zero attached hydrogens (tertiary/aromatic N) is 2. The van der Waals surface area contributed by atoms with Crippen LogP contribution < -0.4 is 0 Å². The van der Waals surface area contributed by atoms with E-state index < -0.39 is 6.04 Å². The SMILES string of the molecule is CCCCC=C[N+]([O-])=NC(C)C(C)=O. The predicted molar refractivity (Wildman–Crippen MR) is 54.9 cm³/mol. The van der Waals surface area contributed by atoms with E-state index in [1.54, 1.807) is 13.0 Å². The van der Waals surface area contributed by atoms with Gasteiger partial charge < -0.3 is 5.21 Å². The number of allylic oxidation sites excluding steroid dienone is 1. The molecule has 0 saturated carbocycles. The number of Topliss-reactive ketones (excluding diaryl/α,β-unsaturated/α-hetero) is 1. The summed E-state index contributed by atoms with van der Waals surface area (Å²) in [6, 6.07) is -0.552. The van der Waals surface area contributed by atoms with Crippen molar-refractivity contribution in [2.45, 2.75) is 46.1 Å². The Morgan fingerprint density at radius 1 is 1.64 bits per heavy atom. The van der Waals surface area contributed by atoms with Crippen LogP contribution in [-0.2, 0) is 4.79 Å². The molecule has 0 aromatic heterocycles. The summed E-state index contributed by atoms with van der Waals surface area (Å²) in [4.78, 5) is 11.2. The number of carbonyl (C=O) groups is 1. The first-order valence-electron chi connectivity index (χ1n) is 4.92. The molecule has 0 aromatic carbocycles. The molecule has 0 amide bonds. The summed E-state index contributed by atoms with van der Waals surface area (Å²) in [5.74, 6) is -0.104. The third-order valence-corrected chi connectivity index (χ3v) is 1.83. The van der Waals surface area contributed by atoms with Gasteiger partial charge in [-0.25, -0.2) is 0 Å². The quantitative estimate of drug-likeness (QED) is 0.285. The zero-order chi connectivity index (χ0) is 11.0. The predicted octanol–water partition coefficient (Wildman–Crippen LogP) is 2.63. The van der Waals surface area contributed by atoms with Gasteiger partial charge in [0.1, 0.15) is 0 Å². The lowest BCUT2D eigenvalue weighted by atomic mass is 10.2. The molecular formula is C10H18N2O2. The van der Waals surface area contributed by atoms with E-state index in [1.165, 1.54) is 13.1 Å². The fourth-order valence-electron chi connectivity index (χ4n) is 0.777. The molecule has 1 atom stereocenters. The first-order valence-corrected chi connectivity index (χ1v) is 4.92. The standard InChI is InChI=1S/C10H18N2O2/c1-4-5-6-7-8-12(14)11-9(2)10(3)13/h7-9H,4-6H2,1-3H3. The molecule has 4 nitrogen and oxygen atoms in total. The highest BCUT2D eigenvalue weighted by atomic mass is 16.5. The van der Waals surface area contributed by atoms with Gasteiger partial charge in [-0.3, -0.25) is 4.79 Å². The Morgan fingerprint density at radius 2 is 2.29 bits per heavy atom. The van der Waals surface area contributed by atoms with Crippen molar-refractivity contribution >= 4 is 5.78 Å². The summed E-state index contributed by atoms with van der Waals surface area (Å²) in [5, 5.41) is 14.6. The Morgan fingerprint density at radius 3 is 2.79 bits per heavy atom. The Hall–Kier alpha value is -1.19. The normalized spacial score (nSPS) is 14.6. The Kier molecular flexibility index (Phi) is 6.62. The molecule has 0 aliphatic heterocycles. The molecule has 0 radical (unpaired) electrons. The molecule has 0 heterocycles. The summed E-state index contributed by atoms with van der Waals surface area (Å²) in [6.45, 7) is 5.11. The molecule has 0 fully saturated rings. The van der Waals surface area contributed by atoms with E-state index in [4.69, 9.17) is 0 Å². The molecule has 80 valence electrons. The summed E-state index contributed by atoms with van der Waals surface area (Å²) in [7, 11) is 0. The van der Waals surface area contributed by atoms with E-state index in [2.05, 4.69) is 12.0 Å². The second kappa shape index (κ2) is 7.24. The van der Waals surface area contributed by atoms with Crippen LogP contribution >= 0.6 is 0 Å². The fraction of sp³-hybridized carbons (Fsp3) is 0.700. The van der Waals surface area contributed by atoms with Crippen LogP contribution in [0.15, 0.2) is 17.4 Å². The van der Waals surface area contributed by atoms with Gasteiger partial charge in [0.05, 0.1) is 0 Å². The van der Waals surface area contributed by atoms with Crippen LogP contribution in [0.4, 0.5) is 0 Å². The number of hydrogen-bond acceptors (Lipinski definition) is 3. The van der Waals surface area contributed by atoms with Gasteiger partial charge in [0.2, 0.25) is 6.20 Å². The van der Waals surface area contributed by atoms with Crippen molar-refractivity contribution < 1.29 is 9.66 Å². The van der Waals surface area contributed by atoms with Crippen molar-refractivity contribution in [2.24, 2.45) is 5.11 Å². The molecule has 0 aliphatic rings. The minimum Gasteiger partial charge on any atom is -0.595 e. The van der Waals surface area contributed by atoms with E-state index in [0.29, 0.717) is 4.86 Å².